The fourth-order valence-corrected chi connectivity index (χ4v) is 4.71. The van der Waals surface area contributed by atoms with Crippen molar-refractivity contribution in [2.45, 2.75) is 32.4 Å². The molecular formula is C25H27Cl2N5. The molecule has 0 spiro atoms. The Kier molecular flexibility index (Phi) is 7.05. The zero-order valence-electron chi connectivity index (χ0n) is 18.4. The van der Waals surface area contributed by atoms with E-state index in [9.17, 15) is 5.26 Å². The van der Waals surface area contributed by atoms with Crippen molar-refractivity contribution in [2.75, 3.05) is 31.1 Å². The van der Waals surface area contributed by atoms with Crippen LogP contribution in [0.3, 0.4) is 0 Å². The highest BCUT2D eigenvalue weighted by Gasteiger charge is 2.30. The lowest BCUT2D eigenvalue weighted by Crippen LogP contribution is -2.49. The summed E-state index contributed by atoms with van der Waals surface area (Å²) in [4.78, 5) is 9.32. The van der Waals surface area contributed by atoms with Gasteiger partial charge in [-0.3, -0.25) is 4.90 Å². The van der Waals surface area contributed by atoms with Crippen LogP contribution in [0, 0.1) is 11.3 Å². The van der Waals surface area contributed by atoms with E-state index in [-0.39, 0.29) is 6.04 Å². The average molecular weight is 468 g/mol. The van der Waals surface area contributed by atoms with E-state index in [1.807, 2.05) is 30.5 Å². The highest BCUT2D eigenvalue weighted by Crippen LogP contribution is 2.34. The molecule has 0 N–H and O–H groups in total. The van der Waals surface area contributed by atoms with Crippen LogP contribution in [-0.2, 0) is 6.54 Å². The summed E-state index contributed by atoms with van der Waals surface area (Å²) in [5.41, 5.74) is 2.71. The topological polar surface area (TPSA) is 48.1 Å². The van der Waals surface area contributed by atoms with Gasteiger partial charge >= 0.3 is 0 Å². The van der Waals surface area contributed by atoms with Crippen LogP contribution < -0.4 is 4.90 Å². The van der Waals surface area contributed by atoms with Crippen molar-refractivity contribution in [3.8, 4) is 6.07 Å². The van der Waals surface area contributed by atoms with Gasteiger partial charge in [0.1, 0.15) is 11.9 Å². The molecule has 4 rings (SSSR count). The van der Waals surface area contributed by atoms with Gasteiger partial charge in [0.05, 0.1) is 17.3 Å². The first kappa shape index (κ1) is 22.7. The summed E-state index contributed by atoms with van der Waals surface area (Å²) in [7, 11) is 0. The summed E-state index contributed by atoms with van der Waals surface area (Å²) in [5.74, 6) is 1.52. The average Bonchev–Trinajstić information content (AvgIpc) is 3.27. The van der Waals surface area contributed by atoms with Gasteiger partial charge in [0.25, 0.3) is 0 Å². The van der Waals surface area contributed by atoms with Gasteiger partial charge in [-0.05, 0) is 35.9 Å². The lowest BCUT2D eigenvalue weighted by Gasteiger charge is -2.43. The molecule has 166 valence electrons. The Morgan fingerprint density at radius 2 is 1.81 bits per heavy atom. The number of aromatic nitrogens is 2. The number of halogens is 2. The molecule has 3 aromatic rings. The summed E-state index contributed by atoms with van der Waals surface area (Å²) in [6.07, 6.45) is 3.95. The lowest BCUT2D eigenvalue weighted by molar-refractivity contribution is 0.215. The van der Waals surface area contributed by atoms with Crippen LogP contribution in [0.4, 0.5) is 5.69 Å². The van der Waals surface area contributed by atoms with Gasteiger partial charge < -0.3 is 9.47 Å². The van der Waals surface area contributed by atoms with Crippen LogP contribution in [0.1, 0.15) is 42.8 Å². The molecule has 1 aromatic heterocycles. The first-order chi connectivity index (χ1) is 15.5. The van der Waals surface area contributed by atoms with Crippen LogP contribution in [0.15, 0.2) is 54.9 Å². The van der Waals surface area contributed by atoms with Crippen molar-refractivity contribution in [3.05, 3.63) is 81.9 Å². The van der Waals surface area contributed by atoms with Gasteiger partial charge in [-0.25, -0.2) is 4.98 Å². The zero-order chi connectivity index (χ0) is 22.7. The Morgan fingerprint density at radius 3 is 2.53 bits per heavy atom. The number of hydrogen-bond donors (Lipinski definition) is 0. The summed E-state index contributed by atoms with van der Waals surface area (Å²) >= 11 is 12.3. The third kappa shape index (κ3) is 4.94. The molecule has 5 nitrogen and oxygen atoms in total. The lowest BCUT2D eigenvalue weighted by atomic mass is 10.00. The minimum atomic E-state index is 0.113. The first-order valence-corrected chi connectivity index (χ1v) is 11.7. The van der Waals surface area contributed by atoms with Crippen LogP contribution >= 0.6 is 23.2 Å². The molecule has 0 aliphatic carbocycles. The molecule has 2 aromatic carbocycles. The minimum absolute atomic E-state index is 0.113. The Hall–Kier alpha value is -2.52. The molecule has 7 heteroatoms. The smallest absolute Gasteiger partial charge is 0.111 e. The number of rotatable bonds is 6. The Morgan fingerprint density at radius 1 is 1.06 bits per heavy atom. The SMILES string of the molecule is CC(C)c1nccn1CCN1CCN(c2ccc(Cl)cc2C#N)C(c2ccc(Cl)cc2)C1. The minimum Gasteiger partial charge on any atom is -0.361 e. The molecule has 32 heavy (non-hydrogen) atoms. The van der Waals surface area contributed by atoms with Gasteiger partial charge in [-0.1, -0.05) is 49.2 Å². The molecule has 0 saturated carbocycles. The molecular weight excluding hydrogens is 441 g/mol. The fourth-order valence-electron chi connectivity index (χ4n) is 4.41. The van der Waals surface area contributed by atoms with Crippen molar-refractivity contribution in [1.29, 1.82) is 5.26 Å². The number of imidazole rings is 1. The molecule has 0 amide bonds. The summed E-state index contributed by atoms with van der Waals surface area (Å²) in [5, 5.41) is 11.0. The maximum Gasteiger partial charge on any atom is 0.111 e. The maximum atomic E-state index is 9.71. The molecule has 0 radical (unpaired) electrons. The third-order valence-corrected chi connectivity index (χ3v) is 6.52. The van der Waals surface area contributed by atoms with Crippen molar-refractivity contribution >= 4 is 28.9 Å². The van der Waals surface area contributed by atoms with Crippen molar-refractivity contribution in [2.24, 2.45) is 0 Å². The zero-order valence-corrected chi connectivity index (χ0v) is 19.9. The van der Waals surface area contributed by atoms with Gasteiger partial charge in [-0.15, -0.1) is 0 Å². The number of nitrogens with zero attached hydrogens (tertiary/aromatic N) is 5. The predicted octanol–water partition coefficient (Wildman–Crippen LogP) is 5.75. The number of piperazine rings is 1. The Balaban J connectivity index is 1.58. The van der Waals surface area contributed by atoms with Gasteiger partial charge in [0.15, 0.2) is 0 Å². The number of nitriles is 1. The second kappa shape index (κ2) is 9.95. The van der Waals surface area contributed by atoms with E-state index in [1.165, 1.54) is 5.56 Å². The second-order valence-corrected chi connectivity index (χ2v) is 9.34. The van der Waals surface area contributed by atoms with Crippen molar-refractivity contribution in [3.63, 3.8) is 0 Å². The summed E-state index contributed by atoms with van der Waals surface area (Å²) < 4.78 is 2.25. The van der Waals surface area contributed by atoms with Crippen LogP contribution in [0.25, 0.3) is 0 Å². The van der Waals surface area contributed by atoms with E-state index < -0.39 is 0 Å². The number of anilines is 1. The maximum absolute atomic E-state index is 9.71. The van der Waals surface area contributed by atoms with E-state index in [1.54, 1.807) is 6.07 Å². The van der Waals surface area contributed by atoms with E-state index in [0.29, 0.717) is 16.5 Å². The van der Waals surface area contributed by atoms with Gasteiger partial charge in [0.2, 0.25) is 0 Å². The monoisotopic (exact) mass is 467 g/mol. The van der Waals surface area contributed by atoms with Crippen LogP contribution in [-0.4, -0.2) is 40.6 Å². The van der Waals surface area contributed by atoms with Gasteiger partial charge in [-0.2, -0.15) is 5.26 Å². The number of hydrogen-bond acceptors (Lipinski definition) is 4. The standard InChI is InChI=1S/C25H27Cl2N5/c1-18(2)25-29-9-10-31(25)13-11-30-12-14-32(23-8-7-22(27)15-20(23)16-28)24(17-30)19-3-5-21(26)6-4-19/h3-10,15,18,24H,11-14,17H2,1-2H3. The summed E-state index contributed by atoms with van der Waals surface area (Å²) in [6, 6.07) is 16.0. The highest BCUT2D eigenvalue weighted by atomic mass is 35.5. The Labute approximate surface area is 199 Å². The number of benzene rings is 2. The van der Waals surface area contributed by atoms with Crippen LogP contribution in [0.2, 0.25) is 10.0 Å². The van der Waals surface area contributed by atoms with E-state index >= 15 is 0 Å². The van der Waals surface area contributed by atoms with Gasteiger partial charge in [0, 0.05) is 61.1 Å². The van der Waals surface area contributed by atoms with E-state index in [2.05, 4.69) is 57.6 Å². The van der Waals surface area contributed by atoms with E-state index in [4.69, 9.17) is 23.2 Å². The molecule has 1 saturated heterocycles. The Bertz CT molecular complexity index is 1100. The first-order valence-electron chi connectivity index (χ1n) is 10.9. The molecule has 1 aliphatic rings. The normalized spacial score (nSPS) is 17.0. The largest absolute Gasteiger partial charge is 0.361 e. The van der Waals surface area contributed by atoms with Crippen molar-refractivity contribution in [1.82, 2.24) is 14.5 Å². The van der Waals surface area contributed by atoms with Crippen molar-refractivity contribution < 1.29 is 0 Å². The molecule has 1 atom stereocenters. The second-order valence-electron chi connectivity index (χ2n) is 8.47. The highest BCUT2D eigenvalue weighted by molar-refractivity contribution is 6.31. The fraction of sp³-hybridized carbons (Fsp3) is 0.360. The molecule has 0 bridgehead atoms. The van der Waals surface area contributed by atoms with E-state index in [0.717, 1.165) is 49.3 Å². The predicted molar refractivity (Wildman–Crippen MR) is 130 cm³/mol. The third-order valence-electron chi connectivity index (χ3n) is 6.03. The molecule has 1 unspecified atom stereocenters. The molecule has 1 aliphatic heterocycles. The van der Waals surface area contributed by atoms with Crippen LogP contribution in [0.5, 0.6) is 0 Å². The quantitative estimate of drug-likeness (QED) is 0.462. The molecule has 2 heterocycles. The molecule has 1 fully saturated rings. The summed E-state index contributed by atoms with van der Waals surface area (Å²) in [6.45, 7) is 8.81.